The van der Waals surface area contributed by atoms with Crippen molar-refractivity contribution in [2.45, 2.75) is 0 Å². The fourth-order valence-corrected chi connectivity index (χ4v) is 2.22. The van der Waals surface area contributed by atoms with Crippen LogP contribution in [0.2, 0.25) is 0 Å². The van der Waals surface area contributed by atoms with E-state index in [-0.39, 0.29) is 11.4 Å². The van der Waals surface area contributed by atoms with Gasteiger partial charge in [0.1, 0.15) is 0 Å². The predicted octanol–water partition coefficient (Wildman–Crippen LogP) is 4.12. The van der Waals surface area contributed by atoms with E-state index in [1.165, 1.54) is 12.1 Å². The van der Waals surface area contributed by atoms with Gasteiger partial charge in [-0.1, -0.05) is 42.5 Å². The molecule has 3 aromatic carbocycles. The van der Waals surface area contributed by atoms with E-state index in [0.717, 1.165) is 16.3 Å². The van der Waals surface area contributed by atoms with Gasteiger partial charge in [0.05, 0.1) is 4.92 Å². The van der Waals surface area contributed by atoms with Crippen LogP contribution in [0.15, 0.2) is 60.7 Å². The van der Waals surface area contributed by atoms with Crippen LogP contribution in [0.4, 0.5) is 5.69 Å². The van der Waals surface area contributed by atoms with Gasteiger partial charge in [0.2, 0.25) is 0 Å². The lowest BCUT2D eigenvalue weighted by Crippen LogP contribution is -1.89. The number of hydrogen-bond acceptors (Lipinski definition) is 3. The van der Waals surface area contributed by atoms with Gasteiger partial charge in [-0.05, 0) is 34.0 Å². The topological polar surface area (TPSA) is 63.4 Å². The predicted molar refractivity (Wildman–Crippen MR) is 77.7 cm³/mol. The smallest absolute Gasteiger partial charge is 0.311 e. The maximum atomic E-state index is 10.9. The summed E-state index contributed by atoms with van der Waals surface area (Å²) in [5.74, 6) is -0.320. The van der Waals surface area contributed by atoms with Crippen molar-refractivity contribution >= 4 is 16.5 Å². The van der Waals surface area contributed by atoms with Gasteiger partial charge in [0, 0.05) is 6.07 Å². The van der Waals surface area contributed by atoms with Crippen molar-refractivity contribution in [3.8, 4) is 16.9 Å². The average Bonchev–Trinajstić information content (AvgIpc) is 2.47. The van der Waals surface area contributed by atoms with Gasteiger partial charge in [0.25, 0.3) is 0 Å². The first-order valence-corrected chi connectivity index (χ1v) is 6.12. The third-order valence-electron chi connectivity index (χ3n) is 3.25. The second-order valence-electron chi connectivity index (χ2n) is 4.52. The van der Waals surface area contributed by atoms with E-state index in [1.807, 2.05) is 42.5 Å². The van der Waals surface area contributed by atoms with Crippen molar-refractivity contribution in [3.05, 3.63) is 70.8 Å². The SMILES string of the molecule is O=[N+]([O-])c1cc(-c2ccc3ccccc3c2)ccc1O. The summed E-state index contributed by atoms with van der Waals surface area (Å²) in [6, 6.07) is 18.2. The molecule has 0 bridgehead atoms. The number of nitrogens with zero attached hydrogens (tertiary/aromatic N) is 1. The molecule has 0 aliphatic carbocycles. The van der Waals surface area contributed by atoms with Gasteiger partial charge in [0.15, 0.2) is 5.75 Å². The number of hydrogen-bond donors (Lipinski definition) is 1. The molecule has 0 aliphatic heterocycles. The van der Waals surface area contributed by atoms with Crippen LogP contribution in [-0.2, 0) is 0 Å². The van der Waals surface area contributed by atoms with Crippen LogP contribution >= 0.6 is 0 Å². The maximum Gasteiger partial charge on any atom is 0.311 e. The zero-order valence-electron chi connectivity index (χ0n) is 10.5. The molecule has 4 nitrogen and oxygen atoms in total. The molecule has 0 heterocycles. The number of nitro groups is 1. The van der Waals surface area contributed by atoms with E-state index >= 15 is 0 Å². The zero-order valence-corrected chi connectivity index (χ0v) is 10.5. The second kappa shape index (κ2) is 4.66. The lowest BCUT2D eigenvalue weighted by molar-refractivity contribution is -0.385. The molecular weight excluding hydrogens is 254 g/mol. The van der Waals surface area contributed by atoms with Gasteiger partial charge in [-0.2, -0.15) is 0 Å². The van der Waals surface area contributed by atoms with Crippen LogP contribution in [0.5, 0.6) is 5.75 Å². The van der Waals surface area contributed by atoms with Crippen molar-refractivity contribution in [2.75, 3.05) is 0 Å². The number of phenolic OH excluding ortho intramolecular Hbond substituents is 1. The summed E-state index contributed by atoms with van der Waals surface area (Å²) in [5.41, 5.74) is 1.31. The molecule has 0 amide bonds. The first-order valence-electron chi connectivity index (χ1n) is 6.12. The summed E-state index contributed by atoms with van der Waals surface area (Å²) in [7, 11) is 0. The van der Waals surface area contributed by atoms with Crippen LogP contribution in [0.25, 0.3) is 21.9 Å². The Morgan fingerprint density at radius 1 is 0.850 bits per heavy atom. The van der Waals surface area contributed by atoms with Gasteiger partial charge >= 0.3 is 5.69 Å². The number of rotatable bonds is 2. The van der Waals surface area contributed by atoms with Crippen LogP contribution in [0.1, 0.15) is 0 Å². The Hall–Kier alpha value is -2.88. The Bertz CT molecular complexity index is 812. The number of phenols is 1. The summed E-state index contributed by atoms with van der Waals surface area (Å²) in [4.78, 5) is 10.3. The molecule has 0 radical (unpaired) electrons. The van der Waals surface area contributed by atoms with E-state index in [2.05, 4.69) is 0 Å². The third-order valence-corrected chi connectivity index (χ3v) is 3.25. The summed E-state index contributed by atoms with van der Waals surface area (Å²) in [6.45, 7) is 0. The number of nitro benzene ring substituents is 1. The molecule has 1 N–H and O–H groups in total. The third kappa shape index (κ3) is 2.07. The Balaban J connectivity index is 2.15. The largest absolute Gasteiger partial charge is 0.502 e. The average molecular weight is 265 g/mol. The highest BCUT2D eigenvalue weighted by molar-refractivity contribution is 5.87. The highest BCUT2D eigenvalue weighted by atomic mass is 16.6. The molecule has 98 valence electrons. The molecule has 0 saturated carbocycles. The van der Waals surface area contributed by atoms with Gasteiger partial charge in [-0.25, -0.2) is 0 Å². The van der Waals surface area contributed by atoms with Crippen LogP contribution in [0.3, 0.4) is 0 Å². The highest BCUT2D eigenvalue weighted by Gasteiger charge is 2.14. The standard InChI is InChI=1S/C16H11NO3/c18-16-8-7-14(10-15(16)17(19)20)13-6-5-11-3-1-2-4-12(11)9-13/h1-10,18H. The summed E-state index contributed by atoms with van der Waals surface area (Å²) in [6.07, 6.45) is 0. The molecule has 3 aromatic rings. The van der Waals surface area contributed by atoms with Crippen molar-refractivity contribution in [1.82, 2.24) is 0 Å². The summed E-state index contributed by atoms with van der Waals surface area (Å²) >= 11 is 0. The normalized spacial score (nSPS) is 10.6. The Morgan fingerprint density at radius 2 is 1.50 bits per heavy atom. The molecule has 0 atom stereocenters. The highest BCUT2D eigenvalue weighted by Crippen LogP contribution is 2.32. The molecule has 0 aliphatic rings. The molecular formula is C16H11NO3. The minimum absolute atomic E-state index is 0.282. The Labute approximate surface area is 115 Å². The minimum Gasteiger partial charge on any atom is -0.502 e. The van der Waals surface area contributed by atoms with E-state index in [9.17, 15) is 15.2 Å². The van der Waals surface area contributed by atoms with Crippen molar-refractivity contribution in [1.29, 1.82) is 0 Å². The summed E-state index contributed by atoms with van der Waals surface area (Å²) < 4.78 is 0. The lowest BCUT2D eigenvalue weighted by atomic mass is 10.0. The van der Waals surface area contributed by atoms with Crippen molar-refractivity contribution < 1.29 is 10.0 Å². The van der Waals surface area contributed by atoms with E-state index < -0.39 is 4.92 Å². The fraction of sp³-hybridized carbons (Fsp3) is 0. The van der Waals surface area contributed by atoms with E-state index in [0.29, 0.717) is 5.56 Å². The first kappa shape index (κ1) is 12.2. The van der Waals surface area contributed by atoms with Crippen LogP contribution < -0.4 is 0 Å². The second-order valence-corrected chi connectivity index (χ2v) is 4.52. The molecule has 20 heavy (non-hydrogen) atoms. The summed E-state index contributed by atoms with van der Waals surface area (Å²) in [5, 5.41) is 22.5. The number of aromatic hydroxyl groups is 1. The quantitative estimate of drug-likeness (QED) is 0.560. The van der Waals surface area contributed by atoms with Gasteiger partial charge in [-0.15, -0.1) is 0 Å². The van der Waals surface area contributed by atoms with Gasteiger partial charge < -0.3 is 5.11 Å². The number of fused-ring (bicyclic) bond motifs is 1. The fourth-order valence-electron chi connectivity index (χ4n) is 2.22. The van der Waals surface area contributed by atoms with Crippen LogP contribution in [0, 0.1) is 10.1 Å². The minimum atomic E-state index is -0.583. The molecule has 0 aromatic heterocycles. The Kier molecular flexibility index (Phi) is 2.84. The molecule has 0 spiro atoms. The maximum absolute atomic E-state index is 10.9. The number of benzene rings is 3. The molecule has 3 rings (SSSR count). The lowest BCUT2D eigenvalue weighted by Gasteiger charge is -2.05. The monoisotopic (exact) mass is 265 g/mol. The Morgan fingerprint density at radius 3 is 2.25 bits per heavy atom. The molecule has 4 heteroatoms. The van der Waals surface area contributed by atoms with E-state index in [1.54, 1.807) is 6.07 Å². The van der Waals surface area contributed by atoms with E-state index in [4.69, 9.17) is 0 Å². The zero-order chi connectivity index (χ0) is 14.1. The van der Waals surface area contributed by atoms with Crippen molar-refractivity contribution in [3.63, 3.8) is 0 Å². The van der Waals surface area contributed by atoms with Crippen LogP contribution in [-0.4, -0.2) is 10.0 Å². The molecule has 0 saturated heterocycles. The molecule has 0 unspecified atom stereocenters. The van der Waals surface area contributed by atoms with Crippen molar-refractivity contribution in [2.24, 2.45) is 0 Å². The first-order chi connectivity index (χ1) is 9.65. The van der Waals surface area contributed by atoms with Gasteiger partial charge in [-0.3, -0.25) is 10.1 Å². The molecule has 0 fully saturated rings.